The minimum absolute atomic E-state index is 0.0346. The van der Waals surface area contributed by atoms with Gasteiger partial charge in [0.2, 0.25) is 5.95 Å². The van der Waals surface area contributed by atoms with Gasteiger partial charge in [0.1, 0.15) is 17.0 Å². The minimum atomic E-state index is -0.812. The summed E-state index contributed by atoms with van der Waals surface area (Å²) in [5.41, 5.74) is 7.62. The van der Waals surface area contributed by atoms with Crippen LogP contribution in [0.5, 0.6) is 0 Å². The number of rotatable bonds is 2. The normalized spacial score (nSPS) is 11.5. The van der Waals surface area contributed by atoms with Crippen molar-refractivity contribution < 1.29 is 8.78 Å². The van der Waals surface area contributed by atoms with Crippen LogP contribution >= 0.6 is 11.6 Å². The van der Waals surface area contributed by atoms with E-state index in [1.165, 1.54) is 4.57 Å². The van der Waals surface area contributed by atoms with Crippen molar-refractivity contribution in [2.24, 2.45) is 0 Å². The molecule has 0 fully saturated rings. The third-order valence-electron chi connectivity index (χ3n) is 3.24. The Morgan fingerprint density at radius 1 is 1.33 bits per heavy atom. The largest absolute Gasteiger partial charge is 0.369 e. The van der Waals surface area contributed by atoms with E-state index in [1.807, 2.05) is 6.92 Å². The van der Waals surface area contributed by atoms with E-state index < -0.39 is 11.6 Å². The average molecular weight is 312 g/mol. The van der Waals surface area contributed by atoms with E-state index in [0.717, 1.165) is 12.1 Å². The van der Waals surface area contributed by atoms with Gasteiger partial charge in [-0.2, -0.15) is 5.10 Å². The summed E-state index contributed by atoms with van der Waals surface area (Å²) in [5, 5.41) is 4.23. The minimum Gasteiger partial charge on any atom is -0.369 e. The van der Waals surface area contributed by atoms with E-state index in [-0.39, 0.29) is 16.7 Å². The molecule has 0 bridgehead atoms. The molecule has 2 heterocycles. The van der Waals surface area contributed by atoms with Gasteiger partial charge in [-0.05, 0) is 19.9 Å². The molecule has 5 nitrogen and oxygen atoms in total. The molecule has 0 atom stereocenters. The Labute approximate surface area is 123 Å². The van der Waals surface area contributed by atoms with Crippen LogP contribution < -0.4 is 5.73 Å². The quantitative estimate of drug-likeness (QED) is 0.791. The first-order valence-corrected chi connectivity index (χ1v) is 6.68. The molecule has 0 aliphatic heterocycles. The highest BCUT2D eigenvalue weighted by molar-refractivity contribution is 6.32. The number of aryl methyl sites for hydroxylation is 2. The van der Waals surface area contributed by atoms with Crippen LogP contribution in [-0.4, -0.2) is 19.3 Å². The second-order valence-corrected chi connectivity index (χ2v) is 5.00. The van der Waals surface area contributed by atoms with Crippen LogP contribution in [0, 0.1) is 18.6 Å². The van der Waals surface area contributed by atoms with E-state index in [2.05, 4.69) is 10.1 Å². The molecule has 8 heteroatoms. The molecule has 0 saturated heterocycles. The maximum absolute atomic E-state index is 14.2. The Hall–Kier alpha value is -2.15. The third-order valence-corrected chi connectivity index (χ3v) is 3.53. The predicted octanol–water partition coefficient (Wildman–Crippen LogP) is 3.06. The van der Waals surface area contributed by atoms with Crippen molar-refractivity contribution in [2.75, 3.05) is 5.73 Å². The van der Waals surface area contributed by atoms with Crippen LogP contribution in [0.15, 0.2) is 12.1 Å². The fraction of sp³-hybridized carbons (Fsp3) is 0.231. The van der Waals surface area contributed by atoms with Gasteiger partial charge < -0.3 is 5.73 Å². The zero-order valence-electron chi connectivity index (χ0n) is 11.4. The van der Waals surface area contributed by atoms with Crippen molar-refractivity contribution in [1.29, 1.82) is 0 Å². The number of halogens is 3. The van der Waals surface area contributed by atoms with Crippen molar-refractivity contribution in [3.8, 4) is 5.69 Å². The highest BCUT2D eigenvalue weighted by Gasteiger charge is 2.22. The summed E-state index contributed by atoms with van der Waals surface area (Å²) in [4.78, 5) is 4.20. The topological polar surface area (TPSA) is 61.7 Å². The van der Waals surface area contributed by atoms with Gasteiger partial charge in [-0.15, -0.1) is 0 Å². The second-order valence-electron chi connectivity index (χ2n) is 4.60. The molecule has 3 rings (SSSR count). The SMILES string of the molecule is CCn1nc(C)c2nc(N)n(-c3c(F)cc(F)cc3Cl)c21. The fourth-order valence-electron chi connectivity index (χ4n) is 2.37. The van der Waals surface area contributed by atoms with E-state index >= 15 is 0 Å². The fourth-order valence-corrected chi connectivity index (χ4v) is 2.65. The molecular weight excluding hydrogens is 300 g/mol. The molecule has 0 radical (unpaired) electrons. The van der Waals surface area contributed by atoms with Crippen LogP contribution in [0.4, 0.5) is 14.7 Å². The van der Waals surface area contributed by atoms with Gasteiger partial charge in [0.15, 0.2) is 11.5 Å². The maximum Gasteiger partial charge on any atom is 0.207 e. The highest BCUT2D eigenvalue weighted by atomic mass is 35.5. The van der Waals surface area contributed by atoms with Gasteiger partial charge in [-0.3, -0.25) is 4.57 Å². The molecule has 0 aliphatic rings. The van der Waals surface area contributed by atoms with Crippen LogP contribution in [0.1, 0.15) is 12.6 Å². The lowest BCUT2D eigenvalue weighted by molar-refractivity contribution is 0.577. The molecule has 0 amide bonds. The first kappa shape index (κ1) is 13.8. The van der Waals surface area contributed by atoms with E-state index in [9.17, 15) is 8.78 Å². The number of nitrogens with zero attached hydrogens (tertiary/aromatic N) is 4. The lowest BCUT2D eigenvalue weighted by Gasteiger charge is -2.11. The van der Waals surface area contributed by atoms with Gasteiger partial charge in [0.05, 0.1) is 10.7 Å². The van der Waals surface area contributed by atoms with Gasteiger partial charge in [-0.25, -0.2) is 18.4 Å². The van der Waals surface area contributed by atoms with Crippen LogP contribution in [0.25, 0.3) is 16.9 Å². The molecule has 2 aromatic heterocycles. The number of aromatic nitrogens is 4. The molecule has 3 aromatic rings. The summed E-state index contributed by atoms with van der Waals surface area (Å²) in [6.07, 6.45) is 0. The van der Waals surface area contributed by atoms with Crippen LogP contribution in [0.2, 0.25) is 5.02 Å². The van der Waals surface area contributed by atoms with E-state index in [0.29, 0.717) is 23.4 Å². The Morgan fingerprint density at radius 2 is 2.05 bits per heavy atom. The number of hydrogen-bond donors (Lipinski definition) is 1. The molecule has 0 aliphatic carbocycles. The summed E-state index contributed by atoms with van der Waals surface area (Å²) in [6, 6.07) is 1.79. The lowest BCUT2D eigenvalue weighted by Crippen LogP contribution is -2.09. The van der Waals surface area contributed by atoms with Crippen molar-refractivity contribution in [1.82, 2.24) is 19.3 Å². The average Bonchev–Trinajstić information content (AvgIpc) is 2.87. The maximum atomic E-state index is 14.2. The van der Waals surface area contributed by atoms with Crippen LogP contribution in [-0.2, 0) is 6.54 Å². The van der Waals surface area contributed by atoms with Gasteiger partial charge in [0.25, 0.3) is 0 Å². The van der Waals surface area contributed by atoms with Crippen molar-refractivity contribution in [3.05, 3.63) is 34.5 Å². The monoisotopic (exact) mass is 311 g/mol. The number of imidazole rings is 1. The smallest absolute Gasteiger partial charge is 0.207 e. The zero-order valence-corrected chi connectivity index (χ0v) is 12.1. The number of nitrogen functional groups attached to an aromatic ring is 1. The Balaban J connectivity index is 2.43. The Kier molecular flexibility index (Phi) is 3.09. The Bertz CT molecular complexity index is 829. The van der Waals surface area contributed by atoms with Gasteiger partial charge in [0, 0.05) is 12.6 Å². The molecule has 0 saturated carbocycles. The van der Waals surface area contributed by atoms with E-state index in [1.54, 1.807) is 11.6 Å². The number of nitrogens with two attached hydrogens (primary N) is 1. The standard InChI is InChI=1S/C13H12ClF2N5/c1-3-20-12-10(6(2)19-20)18-13(17)21(12)11-8(14)4-7(15)5-9(11)16/h4-5H,3H2,1-2H3,(H2,17,18). The van der Waals surface area contributed by atoms with Crippen molar-refractivity contribution in [2.45, 2.75) is 20.4 Å². The summed E-state index contributed by atoms with van der Waals surface area (Å²) in [6.45, 7) is 4.23. The first-order valence-electron chi connectivity index (χ1n) is 6.30. The number of anilines is 1. The van der Waals surface area contributed by atoms with Crippen LogP contribution in [0.3, 0.4) is 0 Å². The molecule has 21 heavy (non-hydrogen) atoms. The molecule has 1 aromatic carbocycles. The van der Waals surface area contributed by atoms with Gasteiger partial charge >= 0.3 is 0 Å². The summed E-state index contributed by atoms with van der Waals surface area (Å²) in [7, 11) is 0. The number of fused-ring (bicyclic) bond motifs is 1. The molecular formula is C13H12ClF2N5. The molecule has 0 unspecified atom stereocenters. The molecule has 110 valence electrons. The predicted molar refractivity (Wildman–Crippen MR) is 76.6 cm³/mol. The Morgan fingerprint density at radius 3 is 2.67 bits per heavy atom. The van der Waals surface area contributed by atoms with Crippen molar-refractivity contribution >= 4 is 28.7 Å². The number of hydrogen-bond acceptors (Lipinski definition) is 3. The summed E-state index contributed by atoms with van der Waals surface area (Å²) < 4.78 is 30.4. The van der Waals surface area contributed by atoms with Crippen molar-refractivity contribution in [3.63, 3.8) is 0 Å². The third kappa shape index (κ3) is 1.96. The summed E-state index contributed by atoms with van der Waals surface area (Å²) in [5.74, 6) is -1.50. The zero-order chi connectivity index (χ0) is 15.3. The highest BCUT2D eigenvalue weighted by Crippen LogP contribution is 2.31. The molecule has 0 spiro atoms. The number of benzene rings is 1. The van der Waals surface area contributed by atoms with E-state index in [4.69, 9.17) is 17.3 Å². The second kappa shape index (κ2) is 4.70. The van der Waals surface area contributed by atoms with Gasteiger partial charge in [-0.1, -0.05) is 11.6 Å². The summed E-state index contributed by atoms with van der Waals surface area (Å²) >= 11 is 5.99. The lowest BCUT2D eigenvalue weighted by atomic mass is 10.3. The molecule has 2 N–H and O–H groups in total. The first-order chi connectivity index (χ1) is 9.93.